The van der Waals surface area contributed by atoms with E-state index >= 15 is 0 Å². The van der Waals surface area contributed by atoms with Crippen LogP contribution >= 0.6 is 0 Å². The molecule has 114 valence electrons. The molecule has 0 bridgehead atoms. The maximum absolute atomic E-state index is 11.5. The lowest BCUT2D eigenvalue weighted by atomic mass is 10.2. The minimum atomic E-state index is -1.18. The van der Waals surface area contributed by atoms with E-state index in [0.29, 0.717) is 5.56 Å². The van der Waals surface area contributed by atoms with Crippen molar-refractivity contribution in [1.29, 1.82) is 0 Å². The maximum atomic E-state index is 11.5. The second-order valence-corrected chi connectivity index (χ2v) is 3.75. The van der Waals surface area contributed by atoms with Gasteiger partial charge in [-0.1, -0.05) is 18.2 Å². The molecule has 0 heterocycles. The van der Waals surface area contributed by atoms with Gasteiger partial charge >= 0.3 is 11.9 Å². The van der Waals surface area contributed by atoms with Crippen LogP contribution in [-0.2, 0) is 14.4 Å². The van der Waals surface area contributed by atoms with E-state index in [1.165, 1.54) is 0 Å². The molecule has 0 amide bonds. The van der Waals surface area contributed by atoms with E-state index in [1.807, 2.05) is 0 Å². The van der Waals surface area contributed by atoms with Crippen LogP contribution in [0.1, 0.15) is 17.3 Å². The van der Waals surface area contributed by atoms with Gasteiger partial charge in [-0.3, -0.25) is 4.79 Å². The average Bonchev–Trinajstić information content (AvgIpc) is 2.49. The molecule has 0 fully saturated rings. The normalized spacial score (nSPS) is 10.8. The Labute approximate surface area is 120 Å². The van der Waals surface area contributed by atoms with Crippen molar-refractivity contribution in [1.82, 2.24) is 5.01 Å². The van der Waals surface area contributed by atoms with Crippen LogP contribution in [0, 0.1) is 5.21 Å². The molecular formula is C12H15N3O6. The van der Waals surface area contributed by atoms with E-state index in [1.54, 1.807) is 37.3 Å². The van der Waals surface area contributed by atoms with Gasteiger partial charge in [0.05, 0.1) is 17.1 Å². The van der Waals surface area contributed by atoms with Crippen LogP contribution in [0.25, 0.3) is 0 Å². The van der Waals surface area contributed by atoms with Crippen molar-refractivity contribution in [2.24, 2.45) is 5.28 Å². The van der Waals surface area contributed by atoms with Gasteiger partial charge in [0.15, 0.2) is 6.54 Å². The van der Waals surface area contributed by atoms with E-state index in [-0.39, 0.29) is 11.5 Å². The van der Waals surface area contributed by atoms with Crippen molar-refractivity contribution in [3.8, 4) is 0 Å². The molecule has 0 atom stereocenters. The molecule has 0 saturated carbocycles. The first-order valence-electron chi connectivity index (χ1n) is 6.03. The Bertz CT molecular complexity index is 505. The SMILES string of the molecule is CCN(CC(=O)O)/[N+]([O-])=N\OCOC(=O)c1ccccc1. The summed E-state index contributed by atoms with van der Waals surface area (Å²) in [6.07, 6.45) is 0. The second-order valence-electron chi connectivity index (χ2n) is 3.75. The van der Waals surface area contributed by atoms with Gasteiger partial charge in [-0.15, -0.1) is 5.01 Å². The molecule has 0 unspecified atom stereocenters. The number of aliphatic carboxylic acids is 1. The number of nitrogens with zero attached hydrogens (tertiary/aromatic N) is 3. The summed E-state index contributed by atoms with van der Waals surface area (Å²) in [7, 11) is 0. The van der Waals surface area contributed by atoms with E-state index in [0.717, 1.165) is 5.01 Å². The minimum Gasteiger partial charge on any atom is -0.569 e. The number of hydrazine groups is 1. The van der Waals surface area contributed by atoms with Crippen LogP contribution in [0.15, 0.2) is 35.6 Å². The highest BCUT2D eigenvalue weighted by Gasteiger charge is 2.15. The highest BCUT2D eigenvalue weighted by molar-refractivity contribution is 5.89. The van der Waals surface area contributed by atoms with Gasteiger partial charge in [0, 0.05) is 0 Å². The van der Waals surface area contributed by atoms with Gasteiger partial charge in [-0.25, -0.2) is 4.79 Å². The highest BCUT2D eigenvalue weighted by atomic mass is 16.8. The molecule has 1 aromatic carbocycles. The zero-order chi connectivity index (χ0) is 15.7. The topological polar surface area (TPSA) is 114 Å². The molecule has 1 rings (SSSR count). The van der Waals surface area contributed by atoms with Crippen molar-refractivity contribution in [2.45, 2.75) is 6.92 Å². The number of esters is 1. The number of hydrogen-bond acceptors (Lipinski definition) is 6. The summed E-state index contributed by atoms with van der Waals surface area (Å²) < 4.78 is 4.72. The number of rotatable bonds is 8. The first kappa shape index (κ1) is 16.2. The number of benzene rings is 1. The summed E-state index contributed by atoms with van der Waals surface area (Å²) in [6, 6.07) is 8.22. The number of hydrogen-bond donors (Lipinski definition) is 1. The van der Waals surface area contributed by atoms with Gasteiger partial charge in [0.1, 0.15) is 0 Å². The van der Waals surface area contributed by atoms with Crippen LogP contribution in [0.4, 0.5) is 0 Å². The molecule has 1 aromatic rings. The summed E-state index contributed by atoms with van der Waals surface area (Å²) >= 11 is 0. The van der Waals surface area contributed by atoms with Gasteiger partial charge in [0.25, 0.3) is 6.79 Å². The predicted molar refractivity (Wildman–Crippen MR) is 68.7 cm³/mol. The minimum absolute atomic E-state index is 0.00945. The van der Waals surface area contributed by atoms with Gasteiger partial charge in [0.2, 0.25) is 5.28 Å². The third-order valence-electron chi connectivity index (χ3n) is 2.30. The van der Waals surface area contributed by atoms with Crippen LogP contribution < -0.4 is 0 Å². The molecule has 0 aromatic heterocycles. The zero-order valence-corrected chi connectivity index (χ0v) is 11.3. The molecule has 21 heavy (non-hydrogen) atoms. The van der Waals surface area contributed by atoms with Crippen molar-refractivity contribution in [2.75, 3.05) is 19.9 Å². The molecule has 0 aliphatic heterocycles. The number of carboxylic acid groups (broad SMARTS) is 1. The lowest BCUT2D eigenvalue weighted by Gasteiger charge is -2.13. The smallest absolute Gasteiger partial charge is 0.341 e. The van der Waals surface area contributed by atoms with Crippen molar-refractivity contribution < 1.29 is 29.2 Å². The Balaban J connectivity index is 2.39. The van der Waals surface area contributed by atoms with Crippen molar-refractivity contribution in [3.63, 3.8) is 0 Å². The van der Waals surface area contributed by atoms with E-state index in [2.05, 4.69) is 10.1 Å². The Morgan fingerprint density at radius 1 is 1.38 bits per heavy atom. The summed E-state index contributed by atoms with van der Waals surface area (Å²) in [4.78, 5) is 26.5. The number of carboxylic acids is 1. The lowest BCUT2D eigenvalue weighted by Crippen LogP contribution is -2.35. The Morgan fingerprint density at radius 2 is 2.05 bits per heavy atom. The van der Waals surface area contributed by atoms with E-state index < -0.39 is 25.3 Å². The fourth-order valence-corrected chi connectivity index (χ4v) is 1.31. The first-order valence-corrected chi connectivity index (χ1v) is 6.03. The summed E-state index contributed by atoms with van der Waals surface area (Å²) in [5.74, 6) is -1.80. The molecule has 0 spiro atoms. The first-order chi connectivity index (χ1) is 10.0. The fourth-order valence-electron chi connectivity index (χ4n) is 1.31. The number of carbonyl (C=O) groups is 2. The maximum Gasteiger partial charge on any atom is 0.341 e. The number of carbonyl (C=O) groups excluding carboxylic acids is 1. The number of likely N-dealkylation sites (N-methyl/N-ethyl adjacent to an activating group) is 1. The standard InChI is InChI=1S/C12H15N3O6/c1-2-14(8-11(16)17)15(19)13-21-9-20-12(18)10-6-4-3-5-7-10/h3-7H,2,8-9H2,1H3,(H,16,17)/b15-13+. The quantitative estimate of drug-likeness (QED) is 0.190. The van der Waals surface area contributed by atoms with Crippen molar-refractivity contribution >= 4 is 11.9 Å². The molecule has 0 aliphatic carbocycles. The van der Waals surface area contributed by atoms with Crippen molar-refractivity contribution in [3.05, 3.63) is 41.1 Å². The molecule has 9 nitrogen and oxygen atoms in total. The zero-order valence-electron chi connectivity index (χ0n) is 11.3. The van der Waals surface area contributed by atoms with Crippen LogP contribution in [0.2, 0.25) is 0 Å². The fraction of sp³-hybridized carbons (Fsp3) is 0.333. The van der Waals surface area contributed by atoms with E-state index in [9.17, 15) is 14.8 Å². The van der Waals surface area contributed by atoms with Gasteiger partial charge < -0.3 is 19.9 Å². The third kappa shape index (κ3) is 5.76. The van der Waals surface area contributed by atoms with Gasteiger partial charge in [-0.2, -0.15) is 0 Å². The lowest BCUT2D eigenvalue weighted by molar-refractivity contribution is -0.709. The molecule has 1 N–H and O–H groups in total. The summed E-state index contributed by atoms with van der Waals surface area (Å²) in [6.45, 7) is 0.638. The largest absolute Gasteiger partial charge is 0.569 e. The Hall–Kier alpha value is -2.84. The predicted octanol–water partition coefficient (Wildman–Crippen LogP) is 1.02. The molecule has 9 heteroatoms. The molecule has 0 saturated heterocycles. The van der Waals surface area contributed by atoms with Crippen LogP contribution in [0.3, 0.4) is 0 Å². The summed E-state index contributed by atoms with van der Waals surface area (Å²) in [5.41, 5.74) is 0.334. The highest BCUT2D eigenvalue weighted by Crippen LogP contribution is 2.01. The molecular weight excluding hydrogens is 282 g/mol. The monoisotopic (exact) mass is 297 g/mol. The molecule has 0 aliphatic rings. The Kier molecular flexibility index (Phi) is 6.45. The van der Waals surface area contributed by atoms with Gasteiger partial charge in [-0.05, 0) is 19.1 Å². The average molecular weight is 297 g/mol. The van der Waals surface area contributed by atoms with Crippen LogP contribution in [-0.4, -0.2) is 46.9 Å². The van der Waals surface area contributed by atoms with Crippen LogP contribution in [0.5, 0.6) is 0 Å². The number of ether oxygens (including phenoxy) is 1. The summed E-state index contributed by atoms with van der Waals surface area (Å²) in [5, 5.41) is 23.9. The third-order valence-corrected chi connectivity index (χ3v) is 2.30. The molecule has 0 radical (unpaired) electrons. The Morgan fingerprint density at radius 3 is 2.62 bits per heavy atom. The second kappa shape index (κ2) is 8.35. The van der Waals surface area contributed by atoms with E-state index in [4.69, 9.17) is 9.84 Å².